The van der Waals surface area contributed by atoms with Crippen molar-refractivity contribution in [1.82, 2.24) is 9.97 Å². The SMILES string of the molecule is Fc1ccc(-c2[nH]c(=S)ncc2F)c(Cl)c1. The van der Waals surface area contributed by atoms with E-state index in [0.29, 0.717) is 5.56 Å². The summed E-state index contributed by atoms with van der Waals surface area (Å²) in [6.45, 7) is 0. The van der Waals surface area contributed by atoms with Gasteiger partial charge in [0.1, 0.15) is 5.82 Å². The van der Waals surface area contributed by atoms with Gasteiger partial charge in [-0.1, -0.05) is 11.6 Å². The zero-order valence-corrected chi connectivity index (χ0v) is 9.37. The summed E-state index contributed by atoms with van der Waals surface area (Å²) in [5.74, 6) is -1.08. The van der Waals surface area contributed by atoms with Crippen molar-refractivity contribution in [2.45, 2.75) is 0 Å². The van der Waals surface area contributed by atoms with Crippen molar-refractivity contribution in [3.05, 3.63) is 45.8 Å². The molecule has 2 aromatic rings. The minimum Gasteiger partial charge on any atom is -0.328 e. The summed E-state index contributed by atoms with van der Waals surface area (Å²) in [6.07, 6.45) is 0.994. The molecule has 0 radical (unpaired) electrons. The fraction of sp³-hybridized carbons (Fsp3) is 0. The van der Waals surface area contributed by atoms with Crippen LogP contribution in [0.4, 0.5) is 8.78 Å². The molecule has 0 bridgehead atoms. The Labute approximate surface area is 99.9 Å². The van der Waals surface area contributed by atoms with E-state index in [0.717, 1.165) is 12.3 Å². The third-order valence-corrected chi connectivity index (χ3v) is 2.49. The second-order valence-corrected chi connectivity index (χ2v) is 3.83. The Morgan fingerprint density at radius 3 is 2.75 bits per heavy atom. The van der Waals surface area contributed by atoms with Crippen LogP contribution in [0.1, 0.15) is 0 Å². The summed E-state index contributed by atoms with van der Waals surface area (Å²) >= 11 is 10.6. The van der Waals surface area contributed by atoms with Crippen LogP contribution in [0.25, 0.3) is 11.3 Å². The molecule has 1 aromatic heterocycles. The molecule has 1 heterocycles. The topological polar surface area (TPSA) is 28.7 Å². The minimum atomic E-state index is -0.595. The van der Waals surface area contributed by atoms with Gasteiger partial charge in [-0.05, 0) is 30.4 Å². The van der Waals surface area contributed by atoms with Gasteiger partial charge in [-0.15, -0.1) is 0 Å². The van der Waals surface area contributed by atoms with Crippen LogP contribution in [0.15, 0.2) is 24.4 Å². The molecule has 0 aliphatic rings. The maximum Gasteiger partial charge on any atom is 0.197 e. The molecule has 0 aliphatic heterocycles. The number of H-pyrrole nitrogens is 1. The lowest BCUT2D eigenvalue weighted by molar-refractivity contribution is 0.615. The van der Waals surface area contributed by atoms with Gasteiger partial charge in [0.15, 0.2) is 10.6 Å². The monoisotopic (exact) mass is 258 g/mol. The molecule has 0 saturated heterocycles. The largest absolute Gasteiger partial charge is 0.328 e. The molecular formula is C10H5ClF2N2S. The first-order chi connectivity index (χ1) is 7.58. The third-order valence-electron chi connectivity index (χ3n) is 1.97. The van der Waals surface area contributed by atoms with Crippen LogP contribution in [-0.2, 0) is 0 Å². The Kier molecular flexibility index (Phi) is 2.98. The molecule has 2 rings (SSSR count). The molecule has 1 aromatic carbocycles. The fourth-order valence-corrected chi connectivity index (χ4v) is 1.68. The van der Waals surface area contributed by atoms with E-state index in [1.807, 2.05) is 0 Å². The van der Waals surface area contributed by atoms with Crippen molar-refractivity contribution in [3.63, 3.8) is 0 Å². The van der Waals surface area contributed by atoms with Crippen molar-refractivity contribution in [2.75, 3.05) is 0 Å². The average molecular weight is 259 g/mol. The summed E-state index contributed by atoms with van der Waals surface area (Å²) in [6, 6.07) is 3.67. The Morgan fingerprint density at radius 2 is 2.06 bits per heavy atom. The van der Waals surface area contributed by atoms with Crippen molar-refractivity contribution in [1.29, 1.82) is 0 Å². The summed E-state index contributed by atoms with van der Waals surface area (Å²) in [4.78, 5) is 6.15. The lowest BCUT2D eigenvalue weighted by atomic mass is 10.1. The quantitative estimate of drug-likeness (QED) is 0.790. The molecular weight excluding hydrogens is 254 g/mol. The lowest BCUT2D eigenvalue weighted by Crippen LogP contribution is -1.93. The van der Waals surface area contributed by atoms with Crippen molar-refractivity contribution in [3.8, 4) is 11.3 Å². The summed E-state index contributed by atoms with van der Waals surface area (Å²) < 4.78 is 26.4. The highest BCUT2D eigenvalue weighted by atomic mass is 35.5. The van der Waals surface area contributed by atoms with E-state index < -0.39 is 11.6 Å². The number of aromatic amines is 1. The van der Waals surface area contributed by atoms with E-state index >= 15 is 0 Å². The zero-order valence-electron chi connectivity index (χ0n) is 7.80. The van der Waals surface area contributed by atoms with Crippen molar-refractivity contribution in [2.24, 2.45) is 0 Å². The molecule has 2 nitrogen and oxygen atoms in total. The van der Waals surface area contributed by atoms with Gasteiger partial charge in [0.05, 0.1) is 16.9 Å². The normalized spacial score (nSPS) is 10.4. The number of rotatable bonds is 1. The fourth-order valence-electron chi connectivity index (χ4n) is 1.27. The smallest absolute Gasteiger partial charge is 0.197 e. The Hall–Kier alpha value is -1.33. The number of benzene rings is 1. The number of nitrogens with zero attached hydrogens (tertiary/aromatic N) is 1. The second-order valence-electron chi connectivity index (χ2n) is 3.04. The van der Waals surface area contributed by atoms with Gasteiger partial charge in [-0.2, -0.15) is 0 Å². The summed E-state index contributed by atoms with van der Waals surface area (Å²) in [5.41, 5.74) is 0.444. The van der Waals surface area contributed by atoms with E-state index in [2.05, 4.69) is 9.97 Å². The third kappa shape index (κ3) is 2.10. The number of aromatic nitrogens is 2. The molecule has 1 N–H and O–H groups in total. The highest BCUT2D eigenvalue weighted by Crippen LogP contribution is 2.28. The molecule has 0 spiro atoms. The molecule has 16 heavy (non-hydrogen) atoms. The molecule has 0 atom stereocenters. The first-order valence-corrected chi connectivity index (χ1v) is 5.07. The average Bonchev–Trinajstić information content (AvgIpc) is 2.22. The molecule has 0 fully saturated rings. The zero-order chi connectivity index (χ0) is 11.7. The van der Waals surface area contributed by atoms with Crippen LogP contribution in [0.5, 0.6) is 0 Å². The predicted octanol–water partition coefficient (Wildman–Crippen LogP) is 3.74. The van der Waals surface area contributed by atoms with Gasteiger partial charge in [-0.25, -0.2) is 13.8 Å². The number of halogens is 3. The van der Waals surface area contributed by atoms with Crippen LogP contribution >= 0.6 is 23.8 Å². The van der Waals surface area contributed by atoms with Gasteiger partial charge in [-0.3, -0.25) is 0 Å². The van der Waals surface area contributed by atoms with Crippen molar-refractivity contribution < 1.29 is 8.78 Å². The van der Waals surface area contributed by atoms with Crippen molar-refractivity contribution >= 4 is 23.8 Å². The standard InChI is InChI=1S/C10H5ClF2N2S/c11-7-3-5(12)1-2-6(7)9-8(13)4-14-10(16)15-9/h1-4H,(H,14,15,16). The summed E-state index contributed by atoms with van der Waals surface area (Å²) in [5, 5.41) is 0.107. The van der Waals surface area contributed by atoms with Crippen LogP contribution in [0, 0.1) is 16.4 Å². The van der Waals surface area contributed by atoms with Crippen LogP contribution in [0.3, 0.4) is 0 Å². The first-order valence-electron chi connectivity index (χ1n) is 4.28. The van der Waals surface area contributed by atoms with Crippen LogP contribution in [0.2, 0.25) is 5.02 Å². The minimum absolute atomic E-state index is 0.102. The molecule has 0 amide bonds. The Bertz CT molecular complexity index is 598. The van der Waals surface area contributed by atoms with E-state index in [4.69, 9.17) is 23.8 Å². The highest BCUT2D eigenvalue weighted by molar-refractivity contribution is 7.71. The van der Waals surface area contributed by atoms with Crippen LogP contribution in [-0.4, -0.2) is 9.97 Å². The molecule has 0 saturated carbocycles. The highest BCUT2D eigenvalue weighted by Gasteiger charge is 2.10. The number of nitrogens with one attached hydrogen (secondary N) is 1. The number of hydrogen-bond acceptors (Lipinski definition) is 2. The Balaban J connectivity index is 2.67. The van der Waals surface area contributed by atoms with Gasteiger partial charge in [0.2, 0.25) is 0 Å². The van der Waals surface area contributed by atoms with Gasteiger partial charge in [0.25, 0.3) is 0 Å². The predicted molar refractivity (Wildman–Crippen MR) is 59.8 cm³/mol. The maximum absolute atomic E-state index is 13.4. The molecule has 6 heteroatoms. The van der Waals surface area contributed by atoms with Gasteiger partial charge >= 0.3 is 0 Å². The first kappa shape index (κ1) is 11.2. The molecule has 82 valence electrons. The van der Waals surface area contributed by atoms with E-state index in [9.17, 15) is 8.78 Å². The summed E-state index contributed by atoms with van der Waals surface area (Å²) in [7, 11) is 0. The maximum atomic E-state index is 13.4. The second kappa shape index (κ2) is 4.27. The van der Waals surface area contributed by atoms with E-state index in [-0.39, 0.29) is 15.5 Å². The Morgan fingerprint density at radius 1 is 1.31 bits per heavy atom. The lowest BCUT2D eigenvalue weighted by Gasteiger charge is -2.05. The molecule has 0 aliphatic carbocycles. The van der Waals surface area contributed by atoms with Crippen LogP contribution < -0.4 is 0 Å². The van der Waals surface area contributed by atoms with Gasteiger partial charge < -0.3 is 4.98 Å². The van der Waals surface area contributed by atoms with E-state index in [1.165, 1.54) is 12.1 Å². The molecule has 0 unspecified atom stereocenters. The van der Waals surface area contributed by atoms with Gasteiger partial charge in [0, 0.05) is 5.56 Å². The number of hydrogen-bond donors (Lipinski definition) is 1. The van der Waals surface area contributed by atoms with E-state index in [1.54, 1.807) is 0 Å².